The van der Waals surface area contributed by atoms with E-state index < -0.39 is 0 Å². The third-order valence-electron chi connectivity index (χ3n) is 0. The molecule has 0 aliphatic carbocycles. The second kappa shape index (κ2) is 172. The number of hydrogen-bond donors (Lipinski definition) is 0. The Labute approximate surface area is 1360 Å². The van der Waals surface area contributed by atoms with Gasteiger partial charge in [0, 0.05) is 0 Å². The van der Waals surface area contributed by atoms with Crippen LogP contribution < -0.4 is 1390 Å². The Balaban J connectivity index is 0. The summed E-state index contributed by atoms with van der Waals surface area (Å²) in [5.74, 6) is 0. The molecule has 0 saturated carbocycles. The zero-order valence-corrected chi connectivity index (χ0v) is 111. The van der Waals surface area contributed by atoms with E-state index in [1.165, 1.54) is 0 Å². The van der Waals surface area contributed by atoms with E-state index in [2.05, 4.69) is 0 Å². The van der Waals surface area contributed by atoms with Gasteiger partial charge in [-0.15, -0.1) is 0 Å². The van der Waals surface area contributed by atoms with Crippen molar-refractivity contribution in [2.45, 2.75) is 0 Å². The molecule has 0 atom stereocenters. The molecule has 0 amide bonds. The van der Waals surface area contributed by atoms with Gasteiger partial charge in [0.25, 0.3) is 0 Å². The van der Waals surface area contributed by atoms with E-state index in [0.717, 1.165) is 0 Å². The zero-order valence-electron chi connectivity index (χ0n) is 54.0. The molecular weight excluding hydrogens is 1060 g/mol. The van der Waals surface area contributed by atoms with Crippen molar-refractivity contribution in [3.8, 4) is 0 Å². The smallest absolute Gasteiger partial charge is 1.00 e. The topological polar surface area (TPSA) is 0 Å². The molecule has 0 aliphatic rings. The molecule has 0 aliphatic heterocycles. The molecule has 0 rings (SSSR count). The molecule has 0 N–H and O–H groups in total. The standard InChI is InChI=1S/27K.27H/q27*+1;27*-1. The van der Waals surface area contributed by atoms with Crippen molar-refractivity contribution in [3.05, 3.63) is 0 Å². The normalized spacial score (nSPS) is 0. The fraction of sp³-hybridized carbons (Fsp3) is 0. The molecule has 0 aromatic carbocycles. The molecule has 0 radical (unpaired) electrons. The van der Waals surface area contributed by atoms with Gasteiger partial charge in [0.05, 0.1) is 0 Å². The molecule has 27 heteroatoms. The predicted octanol–water partition coefficient (Wildman–Crippen LogP) is -77.9. The van der Waals surface area contributed by atoms with Crippen LogP contribution in [0.1, 0.15) is 38.5 Å². The van der Waals surface area contributed by atoms with E-state index >= 15 is 0 Å². The maximum absolute atomic E-state index is 0. The maximum atomic E-state index is 0. The predicted molar refractivity (Wildman–Crippen MR) is 30.0 cm³/mol. The SMILES string of the molecule is [H-].[H-].[H-].[H-].[H-].[H-].[H-].[H-].[H-].[H-].[H-].[H-].[H-].[H-].[H-].[H-].[H-].[H-].[H-].[H-].[H-].[H-].[H-].[H-].[H-].[H-].[H-].[K+].[K+].[K+].[K+].[K+].[K+].[K+].[K+].[K+].[K+].[K+].[K+].[K+].[K+].[K+].[K+].[K+].[K+].[K+].[K+].[K+].[K+].[K+].[K+].[K+].[K+].[K+]. The van der Waals surface area contributed by atoms with Crippen molar-refractivity contribution in [3.63, 3.8) is 0 Å². The van der Waals surface area contributed by atoms with Crippen molar-refractivity contribution in [2.75, 3.05) is 0 Å². The Morgan fingerprint density at radius 2 is 0.0741 bits per heavy atom. The third-order valence-corrected chi connectivity index (χ3v) is 0. The van der Waals surface area contributed by atoms with E-state index in [0.29, 0.717) is 0 Å². The van der Waals surface area contributed by atoms with Crippen molar-refractivity contribution < 1.29 is 1430 Å². The number of hydrogen-bond acceptors (Lipinski definition) is 0. The van der Waals surface area contributed by atoms with Gasteiger partial charge >= 0.3 is 1390 Å². The Bertz CT molecular complexity index is 54.0. The van der Waals surface area contributed by atoms with Crippen molar-refractivity contribution in [2.24, 2.45) is 0 Å². The molecule has 0 spiro atoms. The van der Waals surface area contributed by atoms with Gasteiger partial charge in [0.2, 0.25) is 0 Å². The number of rotatable bonds is 0. The Hall–Kier alpha value is 44.2. The Morgan fingerprint density at radius 3 is 0.0741 bits per heavy atom. The fourth-order valence-corrected chi connectivity index (χ4v) is 0. The van der Waals surface area contributed by atoms with Gasteiger partial charge in [-0.1, -0.05) is 0 Å². The van der Waals surface area contributed by atoms with Gasteiger partial charge in [-0.05, 0) is 0 Å². The zero-order chi connectivity index (χ0) is 0. The molecule has 0 nitrogen and oxygen atoms in total. The Morgan fingerprint density at radius 1 is 0.0741 bits per heavy atom. The minimum Gasteiger partial charge on any atom is -1.00 e. The monoisotopic (exact) mass is 1080 g/mol. The molecule has 0 bridgehead atoms. The largest absolute Gasteiger partial charge is 1.00 e. The van der Waals surface area contributed by atoms with Crippen LogP contribution in [0.4, 0.5) is 0 Å². The van der Waals surface area contributed by atoms with Crippen LogP contribution in [0.3, 0.4) is 0 Å². The van der Waals surface area contributed by atoms with Crippen LogP contribution >= 0.6 is 0 Å². The molecule has 0 fully saturated rings. The molecule has 0 heterocycles. The van der Waals surface area contributed by atoms with E-state index in [4.69, 9.17) is 0 Å². The van der Waals surface area contributed by atoms with Crippen LogP contribution in [-0.4, -0.2) is 0 Å². The van der Waals surface area contributed by atoms with Gasteiger partial charge < -0.3 is 38.5 Å². The first-order chi connectivity index (χ1) is 0. The molecule has 0 aromatic rings. The van der Waals surface area contributed by atoms with E-state index in [1.54, 1.807) is 0 Å². The van der Waals surface area contributed by atoms with E-state index in [-0.39, 0.29) is 1430 Å². The van der Waals surface area contributed by atoms with E-state index in [1.807, 2.05) is 0 Å². The summed E-state index contributed by atoms with van der Waals surface area (Å²) in [6.07, 6.45) is 0. The van der Waals surface area contributed by atoms with Gasteiger partial charge in [0.15, 0.2) is 0 Å². The van der Waals surface area contributed by atoms with Crippen LogP contribution in [-0.2, 0) is 0 Å². The Kier molecular flexibility index (Phi) is 1140. The van der Waals surface area contributed by atoms with Crippen LogP contribution in [0.15, 0.2) is 0 Å². The first kappa shape index (κ1) is 180. The van der Waals surface area contributed by atoms with Gasteiger partial charge in [0.1, 0.15) is 0 Å². The summed E-state index contributed by atoms with van der Waals surface area (Å²) >= 11 is 0. The van der Waals surface area contributed by atoms with Gasteiger partial charge in [-0.3, -0.25) is 0 Å². The van der Waals surface area contributed by atoms with E-state index in [9.17, 15) is 0 Å². The average Bonchev–Trinajstić information content (AvgIpc) is 0. The minimum atomic E-state index is 0. The van der Waals surface area contributed by atoms with Gasteiger partial charge in [-0.2, -0.15) is 0 Å². The second-order valence-corrected chi connectivity index (χ2v) is 0. The first-order valence-electron chi connectivity index (χ1n) is 0. The molecule has 0 aromatic heterocycles. The summed E-state index contributed by atoms with van der Waals surface area (Å²) in [4.78, 5) is 0. The molecule has 0 unspecified atom stereocenters. The summed E-state index contributed by atoms with van der Waals surface area (Å²) < 4.78 is 0. The van der Waals surface area contributed by atoms with Crippen molar-refractivity contribution in [1.82, 2.24) is 0 Å². The van der Waals surface area contributed by atoms with Crippen LogP contribution in [0.5, 0.6) is 0 Å². The maximum Gasteiger partial charge on any atom is 1.00 e. The van der Waals surface area contributed by atoms with Gasteiger partial charge in [-0.25, -0.2) is 0 Å². The van der Waals surface area contributed by atoms with Crippen LogP contribution in [0, 0.1) is 0 Å². The van der Waals surface area contributed by atoms with Crippen molar-refractivity contribution in [1.29, 1.82) is 0 Å². The quantitative estimate of drug-likeness (QED) is 0.212. The first-order valence-corrected chi connectivity index (χ1v) is 0. The summed E-state index contributed by atoms with van der Waals surface area (Å²) in [5.41, 5.74) is 0. The summed E-state index contributed by atoms with van der Waals surface area (Å²) in [6.45, 7) is 0. The second-order valence-electron chi connectivity index (χ2n) is 0. The molecular formula is H27K27. The molecule has 54 valence electrons. The summed E-state index contributed by atoms with van der Waals surface area (Å²) in [5, 5.41) is 0. The fourth-order valence-electron chi connectivity index (χ4n) is 0. The molecule has 27 heavy (non-hydrogen) atoms. The summed E-state index contributed by atoms with van der Waals surface area (Å²) in [6, 6.07) is 0. The summed E-state index contributed by atoms with van der Waals surface area (Å²) in [7, 11) is 0. The van der Waals surface area contributed by atoms with Crippen molar-refractivity contribution >= 4 is 0 Å². The van der Waals surface area contributed by atoms with Crippen LogP contribution in [0.2, 0.25) is 0 Å². The average molecular weight is 1080 g/mol. The van der Waals surface area contributed by atoms with Crippen LogP contribution in [0.25, 0.3) is 0 Å². The third kappa shape index (κ3) is 167. The molecule has 0 saturated heterocycles. The minimum absolute atomic E-state index is 0.